The first kappa shape index (κ1) is 80.9. The minimum Gasteiger partial charge on any atom is -0.480 e. The SMILES string of the molecule is NCCCC[C@H](NC(=O)[C@H](CCC(N)=O)NC(=O)CNC(=O)[C@H](CCC(N)=O)NC(=O)[C@H](CCCCN)NC(=O)CNC(=O)[C@H](CCCN=C(N)N)NC(=O)[C@H](CCCCN)NC(=O)CNC(=O)[C@@H]1C[C@@H](O)CN1C(=O)[C@H](CCCN=C(N)N)NC(=O)CN)C(=O)O. The van der Waals surface area contributed by atoms with Crippen LogP contribution in [0.1, 0.15) is 116 Å². The highest BCUT2D eigenvalue weighted by Gasteiger charge is 2.42. The smallest absolute Gasteiger partial charge is 0.326 e. The number of likely N-dealkylation sites (tertiary alicyclic amines) is 1. The normalized spacial score (nSPS) is 15.6. The molecule has 32 N–H and O–H groups in total. The first-order valence-corrected chi connectivity index (χ1v) is 30.2. The first-order chi connectivity index (χ1) is 43.6. The molecule has 0 radical (unpaired) electrons. The zero-order chi connectivity index (χ0) is 69.3. The molecule has 0 aliphatic carbocycles. The monoisotopic (exact) mass is 1310 g/mol. The van der Waals surface area contributed by atoms with Gasteiger partial charge in [0.25, 0.3) is 0 Å². The summed E-state index contributed by atoms with van der Waals surface area (Å²) in [7, 11) is 0. The minimum absolute atomic E-state index is 0.000634. The number of hydrogen-bond donors (Lipinski definition) is 22. The molecule has 1 rings (SSSR count). The topological polar surface area (TPSA) is 688 Å². The van der Waals surface area contributed by atoms with Crippen molar-refractivity contribution in [3.63, 3.8) is 0 Å². The molecule has 0 unspecified atom stereocenters. The summed E-state index contributed by atoms with van der Waals surface area (Å²) in [6.45, 7) is -2.38. The molecule has 1 fully saturated rings. The molecular formula is C53H97N23O16. The number of amides is 13. The molecule has 39 heteroatoms. The van der Waals surface area contributed by atoms with Crippen molar-refractivity contribution in [1.82, 2.24) is 58.1 Å². The molecule has 0 spiro atoms. The van der Waals surface area contributed by atoms with Crippen LogP contribution in [-0.2, 0) is 67.1 Å². The number of carboxylic acids is 1. The zero-order valence-corrected chi connectivity index (χ0v) is 51.7. The number of guanidine groups is 2. The molecule has 1 aliphatic heterocycles. The fourth-order valence-electron chi connectivity index (χ4n) is 9.10. The number of primary amides is 2. The van der Waals surface area contributed by atoms with E-state index in [2.05, 4.69) is 63.2 Å². The van der Waals surface area contributed by atoms with Crippen molar-refractivity contribution in [2.75, 3.05) is 65.4 Å². The first-order valence-electron chi connectivity index (χ1n) is 30.2. The predicted octanol–water partition coefficient (Wildman–Crippen LogP) is -11.2. The van der Waals surface area contributed by atoms with Crippen molar-refractivity contribution in [2.45, 2.75) is 170 Å². The lowest BCUT2D eigenvalue weighted by Gasteiger charge is -2.28. The van der Waals surface area contributed by atoms with E-state index in [0.717, 1.165) is 4.90 Å². The Hall–Kier alpha value is -9.08. The van der Waals surface area contributed by atoms with E-state index in [4.69, 9.17) is 57.3 Å². The second kappa shape index (κ2) is 45.2. The van der Waals surface area contributed by atoms with Gasteiger partial charge in [-0.2, -0.15) is 0 Å². The molecule has 39 nitrogen and oxygen atoms in total. The molecule has 520 valence electrons. The van der Waals surface area contributed by atoms with Crippen LogP contribution in [-0.4, -0.2) is 230 Å². The fraction of sp³-hybridized carbons (Fsp3) is 0.698. The molecule has 13 amide bonds. The van der Waals surface area contributed by atoms with Crippen LogP contribution < -0.4 is 111 Å². The number of aliphatic hydroxyl groups excluding tert-OH is 1. The van der Waals surface area contributed by atoms with Gasteiger partial charge >= 0.3 is 5.97 Å². The second-order valence-corrected chi connectivity index (χ2v) is 21.5. The maximum absolute atomic E-state index is 14.0. The van der Waals surface area contributed by atoms with Gasteiger partial charge in [-0.25, -0.2) is 4.79 Å². The summed E-state index contributed by atoms with van der Waals surface area (Å²) in [5.74, 6) is -13.4. The number of carboxylic acid groups (broad SMARTS) is 1. The van der Waals surface area contributed by atoms with Crippen molar-refractivity contribution < 1.29 is 77.3 Å². The number of rotatable bonds is 48. The van der Waals surface area contributed by atoms with Crippen molar-refractivity contribution in [2.24, 2.45) is 67.3 Å². The molecule has 0 aromatic carbocycles. The Morgan fingerprint density at radius 2 is 0.772 bits per heavy atom. The average molecular weight is 1310 g/mol. The number of unbranched alkanes of at least 4 members (excludes halogenated alkanes) is 3. The lowest BCUT2D eigenvalue weighted by Crippen LogP contribution is -2.57. The molecular weight excluding hydrogens is 1210 g/mol. The average Bonchev–Trinajstić information content (AvgIpc) is 3.46. The van der Waals surface area contributed by atoms with E-state index in [0.29, 0.717) is 32.1 Å². The van der Waals surface area contributed by atoms with Crippen molar-refractivity contribution in [3.8, 4) is 0 Å². The number of nitrogens with one attached hydrogen (secondary N) is 10. The quantitative estimate of drug-likeness (QED) is 0.0153. The van der Waals surface area contributed by atoms with E-state index in [1.54, 1.807) is 0 Å². The number of aliphatic imine (C=N–C) groups is 2. The molecule has 1 heterocycles. The highest BCUT2D eigenvalue weighted by molar-refractivity contribution is 5.98. The maximum atomic E-state index is 14.0. The number of nitrogens with zero attached hydrogens (tertiary/aromatic N) is 3. The third-order valence-electron chi connectivity index (χ3n) is 13.9. The van der Waals surface area contributed by atoms with Crippen LogP contribution in [0.5, 0.6) is 0 Å². The fourth-order valence-corrected chi connectivity index (χ4v) is 9.10. The van der Waals surface area contributed by atoms with Crippen LogP contribution in [0, 0.1) is 0 Å². The predicted molar refractivity (Wildman–Crippen MR) is 331 cm³/mol. The lowest BCUT2D eigenvalue weighted by molar-refractivity contribution is -0.142. The largest absolute Gasteiger partial charge is 0.480 e. The van der Waals surface area contributed by atoms with Gasteiger partial charge in [-0.3, -0.25) is 72.3 Å². The molecule has 0 aromatic rings. The molecule has 1 saturated heterocycles. The van der Waals surface area contributed by atoms with Crippen molar-refractivity contribution in [1.29, 1.82) is 0 Å². The lowest BCUT2D eigenvalue weighted by atomic mass is 10.1. The van der Waals surface area contributed by atoms with Gasteiger partial charge in [0.1, 0.15) is 48.3 Å². The van der Waals surface area contributed by atoms with Crippen LogP contribution in [0.3, 0.4) is 0 Å². The number of aliphatic hydroxyl groups is 1. The van der Waals surface area contributed by atoms with Crippen LogP contribution >= 0.6 is 0 Å². The molecule has 0 saturated carbocycles. The highest BCUT2D eigenvalue weighted by Crippen LogP contribution is 2.21. The van der Waals surface area contributed by atoms with E-state index in [9.17, 15) is 77.3 Å². The standard InChI is InChI=1S/C53H97N23O16/c54-18-4-1-9-31(70-43(83)27-68-49(89)37-23-29(77)28-76(37)50(90)35(72-40(80)24-57)13-8-22-65-53(62)63)46(86)73-30(12-7-21-64-52(60)61)44(84)66-25-41(81)69-32(10-2-5-19-55)47(87)74-33(14-16-38(58)78)45(85)67-26-42(82)71-34(15-17-39(59)79)48(88)75-36(51(91)92)11-3-6-20-56/h29-37,77H,1-28,54-57H2,(H2,58,78)(H2,59,79)(H,66,84)(H,67,85)(H,68,89)(H,69,81)(H,70,83)(H,71,82)(H,72,80)(H,73,86)(H,74,87)(H,75,88)(H,91,92)(H4,60,61,64)(H4,62,63,65)/t29-,30+,31+,32+,33+,34+,35+,36+,37+/m1/s1. The molecule has 1 aliphatic rings. The molecule has 0 aromatic heterocycles. The Kier molecular flexibility index (Phi) is 39.8. The third kappa shape index (κ3) is 34.2. The highest BCUT2D eigenvalue weighted by atomic mass is 16.4. The number of β-amino-alcohol motifs (C(OH)–C–C–N with tert-alkyl or cyclic N) is 1. The van der Waals surface area contributed by atoms with Gasteiger partial charge in [-0.05, 0) is 116 Å². The second-order valence-electron chi connectivity index (χ2n) is 21.5. The van der Waals surface area contributed by atoms with Gasteiger partial charge in [0.15, 0.2) is 11.9 Å². The van der Waals surface area contributed by atoms with Gasteiger partial charge in [-0.15, -0.1) is 0 Å². The van der Waals surface area contributed by atoms with E-state index < -0.39 is 183 Å². The van der Waals surface area contributed by atoms with Crippen molar-refractivity contribution >= 4 is 94.7 Å². The molecule has 9 atom stereocenters. The van der Waals surface area contributed by atoms with Gasteiger partial charge in [0.2, 0.25) is 76.8 Å². The number of nitrogens with two attached hydrogens (primary N) is 10. The van der Waals surface area contributed by atoms with Crippen LogP contribution in [0.15, 0.2) is 9.98 Å². The summed E-state index contributed by atoms with van der Waals surface area (Å²) in [5, 5.41) is 44.4. The summed E-state index contributed by atoms with van der Waals surface area (Å²) in [6, 6.07) is -11.1. The third-order valence-corrected chi connectivity index (χ3v) is 13.9. The Bertz CT molecular complexity index is 2540. The zero-order valence-electron chi connectivity index (χ0n) is 51.7. The van der Waals surface area contributed by atoms with Crippen LogP contribution in [0.25, 0.3) is 0 Å². The molecule has 92 heavy (non-hydrogen) atoms. The summed E-state index contributed by atoms with van der Waals surface area (Å²) in [6.07, 6.45) is -0.791. The number of hydrogen-bond acceptors (Lipinski definition) is 21. The van der Waals surface area contributed by atoms with Crippen LogP contribution in [0.4, 0.5) is 0 Å². The van der Waals surface area contributed by atoms with Crippen molar-refractivity contribution in [3.05, 3.63) is 0 Å². The number of carbonyl (C=O) groups is 14. The number of carbonyl (C=O) groups excluding carboxylic acids is 13. The summed E-state index contributed by atoms with van der Waals surface area (Å²) >= 11 is 0. The summed E-state index contributed by atoms with van der Waals surface area (Å²) < 4.78 is 0. The maximum Gasteiger partial charge on any atom is 0.326 e. The number of aliphatic carboxylic acids is 1. The van der Waals surface area contributed by atoms with E-state index in [1.165, 1.54) is 0 Å². The van der Waals surface area contributed by atoms with Gasteiger partial charge in [-0.1, -0.05) is 0 Å². The Labute approximate surface area is 531 Å². The Morgan fingerprint density at radius 3 is 1.16 bits per heavy atom. The molecule has 0 bridgehead atoms. The summed E-state index contributed by atoms with van der Waals surface area (Å²) in [5.41, 5.74) is 54.7. The minimum atomic E-state index is -1.57. The van der Waals surface area contributed by atoms with Gasteiger partial charge < -0.3 is 126 Å². The van der Waals surface area contributed by atoms with Gasteiger partial charge in [0, 0.05) is 38.9 Å². The Morgan fingerprint density at radius 1 is 0.424 bits per heavy atom. The van der Waals surface area contributed by atoms with E-state index in [-0.39, 0.29) is 115 Å². The Balaban J connectivity index is 3.29. The van der Waals surface area contributed by atoms with E-state index in [1.807, 2.05) is 0 Å². The van der Waals surface area contributed by atoms with Crippen LogP contribution in [0.2, 0.25) is 0 Å². The summed E-state index contributed by atoms with van der Waals surface area (Å²) in [4.78, 5) is 192. The van der Waals surface area contributed by atoms with Gasteiger partial charge in [0.05, 0.1) is 32.3 Å². The van der Waals surface area contributed by atoms with E-state index >= 15 is 0 Å².